The Kier molecular flexibility index (Phi) is 6.66. The van der Waals surface area contributed by atoms with Gasteiger partial charge in [0.2, 0.25) is 0 Å². The number of hydrogen-bond acceptors (Lipinski definition) is 2. The molecule has 0 aromatic carbocycles. The maximum atomic E-state index is 2.40. The van der Waals surface area contributed by atoms with E-state index in [0.717, 1.165) is 0 Å². The SMILES string of the molecule is Cc1cc(SSc2cc(C)c3cc(C(C)C)ccc(C)c2-3)c2c(C)ccc(C(C)C)cc1-2. The molecule has 4 rings (SSSR count). The zero-order valence-corrected chi connectivity index (χ0v) is 22.2. The van der Waals surface area contributed by atoms with E-state index in [9.17, 15) is 0 Å². The van der Waals surface area contributed by atoms with Crippen LogP contribution in [0.5, 0.6) is 0 Å². The van der Waals surface area contributed by atoms with Gasteiger partial charge >= 0.3 is 0 Å². The lowest BCUT2D eigenvalue weighted by molar-refractivity contribution is 0.868. The molecule has 0 aromatic heterocycles. The fraction of sp³-hybridized carbons (Fsp3) is 0.333. The zero-order valence-electron chi connectivity index (χ0n) is 20.6. The summed E-state index contributed by atoms with van der Waals surface area (Å²) in [5.41, 5.74) is 13.9. The van der Waals surface area contributed by atoms with Crippen molar-refractivity contribution in [3.05, 3.63) is 81.9 Å². The summed E-state index contributed by atoms with van der Waals surface area (Å²) in [4.78, 5) is 2.75. The summed E-state index contributed by atoms with van der Waals surface area (Å²) in [6.07, 6.45) is 0. The van der Waals surface area contributed by atoms with E-state index < -0.39 is 0 Å². The largest absolute Gasteiger partial charge is 0.0587 e. The minimum atomic E-state index is 0.530. The van der Waals surface area contributed by atoms with Gasteiger partial charge in [0.15, 0.2) is 0 Å². The van der Waals surface area contributed by atoms with E-state index in [1.54, 1.807) is 0 Å². The Morgan fingerprint density at radius 1 is 0.500 bits per heavy atom. The molecule has 0 unspecified atom stereocenters. The van der Waals surface area contributed by atoms with E-state index >= 15 is 0 Å². The van der Waals surface area contributed by atoms with Crippen LogP contribution in [-0.2, 0) is 0 Å². The highest BCUT2D eigenvalue weighted by molar-refractivity contribution is 8.76. The van der Waals surface area contributed by atoms with Gasteiger partial charge in [0.25, 0.3) is 0 Å². The molecule has 0 saturated carbocycles. The Labute approximate surface area is 202 Å². The Bertz CT molecular complexity index is 1120. The van der Waals surface area contributed by atoms with Crippen molar-refractivity contribution in [2.24, 2.45) is 0 Å². The fourth-order valence-corrected chi connectivity index (χ4v) is 7.18. The van der Waals surface area contributed by atoms with Gasteiger partial charge in [-0.25, -0.2) is 0 Å². The lowest BCUT2D eigenvalue weighted by Crippen LogP contribution is -1.84. The highest BCUT2D eigenvalue weighted by Crippen LogP contribution is 2.51. The average Bonchev–Trinajstić information content (AvgIpc) is 3.04. The molecule has 32 heavy (non-hydrogen) atoms. The number of fused-ring (bicyclic) bond motifs is 2. The van der Waals surface area contributed by atoms with Gasteiger partial charge in [-0.2, -0.15) is 0 Å². The highest BCUT2D eigenvalue weighted by Gasteiger charge is 2.20. The maximum Gasteiger partial charge on any atom is 0.0270 e. The molecule has 4 aliphatic rings. The van der Waals surface area contributed by atoms with Crippen LogP contribution < -0.4 is 0 Å². The van der Waals surface area contributed by atoms with Crippen molar-refractivity contribution in [3.63, 3.8) is 0 Å². The molecule has 2 heteroatoms. The third-order valence-electron chi connectivity index (χ3n) is 6.59. The van der Waals surface area contributed by atoms with E-state index in [0.29, 0.717) is 11.8 Å². The molecule has 0 heterocycles. The molecule has 0 aliphatic heterocycles. The molecule has 0 fully saturated rings. The summed E-state index contributed by atoms with van der Waals surface area (Å²) in [7, 11) is 3.82. The molecule has 0 N–H and O–H groups in total. The third-order valence-corrected chi connectivity index (χ3v) is 9.01. The van der Waals surface area contributed by atoms with E-state index in [-0.39, 0.29) is 0 Å². The number of hydrogen-bond donors (Lipinski definition) is 0. The quantitative estimate of drug-likeness (QED) is 0.273. The second kappa shape index (κ2) is 9.15. The van der Waals surface area contributed by atoms with Crippen molar-refractivity contribution in [2.45, 2.75) is 77.0 Å². The van der Waals surface area contributed by atoms with Gasteiger partial charge in [0.1, 0.15) is 0 Å². The Morgan fingerprint density at radius 2 is 0.875 bits per heavy atom. The topological polar surface area (TPSA) is 0 Å². The fourth-order valence-electron chi connectivity index (χ4n) is 4.52. The Hall–Kier alpha value is -1.90. The van der Waals surface area contributed by atoms with Gasteiger partial charge < -0.3 is 0 Å². The van der Waals surface area contributed by atoms with E-state index in [2.05, 4.69) is 104 Å². The molecule has 0 amide bonds. The van der Waals surface area contributed by atoms with Gasteiger partial charge in [-0.3, -0.25) is 0 Å². The zero-order chi connectivity index (χ0) is 23.2. The Morgan fingerprint density at radius 3 is 1.22 bits per heavy atom. The molecule has 0 aromatic rings. The van der Waals surface area contributed by atoms with Crippen molar-refractivity contribution in [2.75, 3.05) is 0 Å². The van der Waals surface area contributed by atoms with Gasteiger partial charge in [-0.15, -0.1) is 0 Å². The summed E-state index contributed by atoms with van der Waals surface area (Å²) >= 11 is 0. The van der Waals surface area contributed by atoms with Crippen molar-refractivity contribution in [1.82, 2.24) is 0 Å². The molecule has 0 radical (unpaired) electrons. The molecule has 0 bridgehead atoms. The smallest absolute Gasteiger partial charge is 0.0270 e. The van der Waals surface area contributed by atoms with Crippen molar-refractivity contribution >= 4 is 21.6 Å². The standard InChI is InChI=1S/C30H34S2/c1-17(2)23-11-9-19(5)29-25(15-23)21(7)13-27(29)31-32-28-14-22(8)26-16-24(18(3)4)12-10-20(6)30(26)28/h9-18H,1-8H3. The molecule has 0 spiro atoms. The van der Waals surface area contributed by atoms with Crippen molar-refractivity contribution in [3.8, 4) is 22.3 Å². The third kappa shape index (κ3) is 4.32. The van der Waals surface area contributed by atoms with Crippen LogP contribution in [0.3, 0.4) is 0 Å². The maximum absolute atomic E-state index is 2.40. The molecular weight excluding hydrogens is 424 g/mol. The first-order valence-electron chi connectivity index (χ1n) is 11.6. The predicted molar refractivity (Wildman–Crippen MR) is 145 cm³/mol. The molecule has 0 atom stereocenters. The first kappa shape index (κ1) is 23.3. The summed E-state index contributed by atoms with van der Waals surface area (Å²) in [6.45, 7) is 18.1. The van der Waals surface area contributed by atoms with Crippen LogP contribution in [0.4, 0.5) is 0 Å². The van der Waals surface area contributed by atoms with Gasteiger partial charge in [-0.1, -0.05) is 85.7 Å². The summed E-state index contributed by atoms with van der Waals surface area (Å²) in [5.74, 6) is 1.06. The minimum Gasteiger partial charge on any atom is -0.0587 e. The van der Waals surface area contributed by atoms with Crippen molar-refractivity contribution < 1.29 is 0 Å². The van der Waals surface area contributed by atoms with Crippen LogP contribution in [0.15, 0.2) is 58.3 Å². The van der Waals surface area contributed by atoms with Crippen LogP contribution in [-0.4, -0.2) is 0 Å². The lowest BCUT2D eigenvalue weighted by Gasteiger charge is -2.07. The number of rotatable bonds is 5. The first-order chi connectivity index (χ1) is 15.2. The summed E-state index contributed by atoms with van der Waals surface area (Å²) < 4.78 is 0. The van der Waals surface area contributed by atoms with E-state index in [1.165, 1.54) is 65.4 Å². The Balaban J connectivity index is 1.72. The van der Waals surface area contributed by atoms with E-state index in [1.807, 2.05) is 21.6 Å². The van der Waals surface area contributed by atoms with Crippen LogP contribution >= 0.6 is 21.6 Å². The van der Waals surface area contributed by atoms with Crippen LogP contribution in [0.2, 0.25) is 0 Å². The van der Waals surface area contributed by atoms with Gasteiger partial charge in [-0.05, 0) is 107 Å². The van der Waals surface area contributed by atoms with Gasteiger partial charge in [0, 0.05) is 9.79 Å². The first-order valence-corrected chi connectivity index (χ1v) is 13.7. The highest BCUT2D eigenvalue weighted by atomic mass is 33.1. The lowest BCUT2D eigenvalue weighted by atomic mass is 10.0. The van der Waals surface area contributed by atoms with Crippen LogP contribution in [0.25, 0.3) is 22.3 Å². The van der Waals surface area contributed by atoms with Gasteiger partial charge in [0.05, 0.1) is 0 Å². The average molecular weight is 459 g/mol. The molecule has 0 saturated heterocycles. The molecular formula is C30H34S2. The minimum absolute atomic E-state index is 0.530. The monoisotopic (exact) mass is 458 g/mol. The normalized spacial score (nSPS) is 11.9. The second-order valence-corrected chi connectivity index (χ2v) is 12.0. The van der Waals surface area contributed by atoms with Crippen LogP contribution in [0.1, 0.15) is 72.9 Å². The van der Waals surface area contributed by atoms with E-state index in [4.69, 9.17) is 0 Å². The second-order valence-electron chi connectivity index (χ2n) is 9.76. The summed E-state index contributed by atoms with van der Waals surface area (Å²) in [5, 5.41) is 0. The number of aryl methyl sites for hydroxylation is 4. The molecule has 0 nitrogen and oxygen atoms in total. The van der Waals surface area contributed by atoms with Crippen molar-refractivity contribution in [1.29, 1.82) is 0 Å². The molecule has 4 aliphatic carbocycles. The summed E-state index contributed by atoms with van der Waals surface area (Å²) in [6, 6.07) is 18.7. The predicted octanol–water partition coefficient (Wildman–Crippen LogP) is 10.2. The molecule has 166 valence electrons. The van der Waals surface area contributed by atoms with Crippen LogP contribution in [0, 0.1) is 27.7 Å².